The van der Waals surface area contributed by atoms with Gasteiger partial charge in [0.2, 0.25) is 0 Å². The quantitative estimate of drug-likeness (QED) is 0.0771. The van der Waals surface area contributed by atoms with Gasteiger partial charge in [0.15, 0.2) is 6.29 Å². The van der Waals surface area contributed by atoms with Crippen LogP contribution in [0.5, 0.6) is 0 Å². The van der Waals surface area contributed by atoms with Gasteiger partial charge in [-0.05, 0) is 38.0 Å². The van der Waals surface area contributed by atoms with Crippen LogP contribution in [0.15, 0.2) is 0 Å². The Bertz CT molecular complexity index is 335. The molecule has 0 aromatic carbocycles. The molecule has 0 aliphatic heterocycles. The highest BCUT2D eigenvalue weighted by Gasteiger charge is 2.07. The minimum atomic E-state index is -1.12. The van der Waals surface area contributed by atoms with Gasteiger partial charge in [-0.2, -0.15) is 0 Å². The summed E-state index contributed by atoms with van der Waals surface area (Å²) in [5.41, 5.74) is 0. The van der Waals surface area contributed by atoms with Crippen molar-refractivity contribution in [3.63, 3.8) is 0 Å². The summed E-state index contributed by atoms with van der Waals surface area (Å²) in [4.78, 5) is 0. The number of aliphatic hydroxyl groups excluding tert-OH is 3. The fraction of sp³-hybridized carbons (Fsp3) is 1.00. The molecule has 0 aromatic heterocycles. The molecule has 0 saturated carbocycles. The molecule has 4 nitrogen and oxygen atoms in total. The van der Waals surface area contributed by atoms with Gasteiger partial charge in [-0.15, -0.1) is 0 Å². The lowest BCUT2D eigenvalue weighted by Crippen LogP contribution is -2.06. The Morgan fingerprint density at radius 2 is 0.625 bits per heavy atom. The van der Waals surface area contributed by atoms with Crippen molar-refractivity contribution in [1.29, 1.82) is 0 Å². The van der Waals surface area contributed by atoms with Crippen LogP contribution in [0.1, 0.15) is 154 Å². The second kappa shape index (κ2) is 27.1. The topological polar surface area (TPSA) is 80.9 Å². The molecule has 0 aliphatic carbocycles. The highest BCUT2D eigenvalue weighted by atomic mass is 16.5. The van der Waals surface area contributed by atoms with E-state index in [1.54, 1.807) is 0 Å². The molecule has 1 atom stereocenters. The van der Waals surface area contributed by atoms with E-state index in [1.807, 2.05) is 0 Å². The van der Waals surface area contributed by atoms with Crippen molar-refractivity contribution in [2.45, 2.75) is 160 Å². The molecular formula is C28H58O4. The van der Waals surface area contributed by atoms with Crippen molar-refractivity contribution < 1.29 is 20.4 Å². The van der Waals surface area contributed by atoms with E-state index in [1.165, 1.54) is 128 Å². The highest BCUT2D eigenvalue weighted by Crippen LogP contribution is 2.19. The molecule has 194 valence electrons. The van der Waals surface area contributed by atoms with Gasteiger partial charge >= 0.3 is 0 Å². The third kappa shape index (κ3) is 26.1. The standard InChI is InChI=1S/C28H58O4/c29-25-21-17-13-9-5-4-7-11-15-19-23-27(26-30)22-18-14-10-6-2-1-3-8-12-16-20-24-28(31)32/h27-32H,1-26H2. The minimum Gasteiger partial charge on any atom is -0.396 e. The zero-order valence-corrected chi connectivity index (χ0v) is 21.3. The summed E-state index contributed by atoms with van der Waals surface area (Å²) in [5.74, 6) is 0.522. The van der Waals surface area contributed by atoms with Crippen molar-refractivity contribution in [3.05, 3.63) is 0 Å². The van der Waals surface area contributed by atoms with Crippen molar-refractivity contribution in [1.82, 2.24) is 0 Å². The Labute approximate surface area is 200 Å². The maximum atomic E-state index is 9.65. The Morgan fingerprint density at radius 1 is 0.344 bits per heavy atom. The number of rotatable bonds is 27. The van der Waals surface area contributed by atoms with Gasteiger partial charge in [0.1, 0.15) is 0 Å². The van der Waals surface area contributed by atoms with E-state index in [0.717, 1.165) is 19.3 Å². The fourth-order valence-electron chi connectivity index (χ4n) is 4.64. The Balaban J connectivity index is 3.27. The molecule has 0 aliphatic rings. The third-order valence-electron chi connectivity index (χ3n) is 6.85. The molecule has 0 aromatic rings. The van der Waals surface area contributed by atoms with Crippen LogP contribution in [-0.4, -0.2) is 39.9 Å². The first-order chi connectivity index (χ1) is 15.7. The van der Waals surface area contributed by atoms with Gasteiger partial charge in [-0.1, -0.05) is 122 Å². The fourth-order valence-corrected chi connectivity index (χ4v) is 4.64. The molecule has 0 spiro atoms. The minimum absolute atomic E-state index is 0.345. The predicted molar refractivity (Wildman–Crippen MR) is 137 cm³/mol. The normalized spacial score (nSPS) is 12.7. The molecule has 0 rings (SSSR count). The molecule has 0 radical (unpaired) electrons. The first-order valence-corrected chi connectivity index (χ1v) is 14.3. The second-order valence-electron chi connectivity index (χ2n) is 10.0. The summed E-state index contributed by atoms with van der Waals surface area (Å²) in [7, 11) is 0. The summed E-state index contributed by atoms with van der Waals surface area (Å²) in [6.45, 7) is 0.711. The molecule has 0 bridgehead atoms. The molecule has 4 heteroatoms. The van der Waals surface area contributed by atoms with Crippen LogP contribution in [0.3, 0.4) is 0 Å². The summed E-state index contributed by atoms with van der Waals surface area (Å²) in [6.07, 6.45) is 28.4. The van der Waals surface area contributed by atoms with Crippen molar-refractivity contribution in [3.8, 4) is 0 Å². The predicted octanol–water partition coefficient (Wildman–Crippen LogP) is 7.26. The van der Waals surface area contributed by atoms with Crippen molar-refractivity contribution in [2.75, 3.05) is 13.2 Å². The lowest BCUT2D eigenvalue weighted by Gasteiger charge is -2.13. The Kier molecular flexibility index (Phi) is 27.0. The summed E-state index contributed by atoms with van der Waals surface area (Å²) in [6, 6.07) is 0. The van der Waals surface area contributed by atoms with Crippen LogP contribution in [0.2, 0.25) is 0 Å². The van der Waals surface area contributed by atoms with Crippen LogP contribution < -0.4 is 0 Å². The van der Waals surface area contributed by atoms with E-state index in [2.05, 4.69) is 0 Å². The second-order valence-corrected chi connectivity index (χ2v) is 10.0. The number of aliphatic hydroxyl groups is 4. The lowest BCUT2D eigenvalue weighted by molar-refractivity contribution is -0.0466. The molecule has 1 unspecified atom stereocenters. The van der Waals surface area contributed by atoms with Gasteiger partial charge in [0, 0.05) is 13.2 Å². The zero-order chi connectivity index (χ0) is 23.5. The maximum absolute atomic E-state index is 9.65. The number of hydrogen-bond acceptors (Lipinski definition) is 4. The molecule has 32 heavy (non-hydrogen) atoms. The van der Waals surface area contributed by atoms with Gasteiger partial charge in [-0.25, -0.2) is 0 Å². The smallest absolute Gasteiger partial charge is 0.151 e. The van der Waals surface area contributed by atoms with Crippen LogP contribution in [-0.2, 0) is 0 Å². The van der Waals surface area contributed by atoms with Gasteiger partial charge in [0.05, 0.1) is 0 Å². The van der Waals surface area contributed by atoms with E-state index in [-0.39, 0.29) is 0 Å². The number of hydrogen-bond donors (Lipinski definition) is 4. The van der Waals surface area contributed by atoms with Gasteiger partial charge < -0.3 is 20.4 Å². The Hall–Kier alpha value is -0.160. The first kappa shape index (κ1) is 31.8. The monoisotopic (exact) mass is 458 g/mol. The van der Waals surface area contributed by atoms with Crippen LogP contribution in [0.25, 0.3) is 0 Å². The average Bonchev–Trinajstić information content (AvgIpc) is 2.78. The van der Waals surface area contributed by atoms with E-state index in [4.69, 9.17) is 15.3 Å². The summed E-state index contributed by atoms with van der Waals surface area (Å²) >= 11 is 0. The van der Waals surface area contributed by atoms with E-state index in [9.17, 15) is 5.11 Å². The molecule has 4 N–H and O–H groups in total. The molecule has 0 saturated heterocycles. The van der Waals surface area contributed by atoms with Crippen molar-refractivity contribution in [2.24, 2.45) is 5.92 Å². The first-order valence-electron chi connectivity index (χ1n) is 14.3. The zero-order valence-electron chi connectivity index (χ0n) is 21.3. The van der Waals surface area contributed by atoms with Crippen LogP contribution in [0, 0.1) is 5.92 Å². The van der Waals surface area contributed by atoms with Gasteiger partial charge in [0.25, 0.3) is 0 Å². The third-order valence-corrected chi connectivity index (χ3v) is 6.85. The van der Waals surface area contributed by atoms with Gasteiger partial charge in [-0.3, -0.25) is 0 Å². The average molecular weight is 459 g/mol. The molecule has 0 heterocycles. The van der Waals surface area contributed by atoms with Crippen LogP contribution >= 0.6 is 0 Å². The highest BCUT2D eigenvalue weighted by molar-refractivity contribution is 4.60. The van der Waals surface area contributed by atoms with E-state index in [0.29, 0.717) is 25.6 Å². The summed E-state index contributed by atoms with van der Waals surface area (Å²) in [5, 5.41) is 36.0. The van der Waals surface area contributed by atoms with Crippen LogP contribution in [0.4, 0.5) is 0 Å². The van der Waals surface area contributed by atoms with E-state index < -0.39 is 6.29 Å². The maximum Gasteiger partial charge on any atom is 0.151 e. The van der Waals surface area contributed by atoms with Crippen molar-refractivity contribution >= 4 is 0 Å². The summed E-state index contributed by atoms with van der Waals surface area (Å²) < 4.78 is 0. The molecular weight excluding hydrogens is 400 g/mol. The number of unbranched alkanes of at least 4 members (excludes halogenated alkanes) is 19. The van der Waals surface area contributed by atoms with E-state index >= 15 is 0 Å². The SMILES string of the molecule is OCCCCCCCCCCCCC(CO)CCCCCCCCCCCCCC(O)O. The molecule has 0 fully saturated rings. The largest absolute Gasteiger partial charge is 0.396 e. The Morgan fingerprint density at radius 3 is 0.906 bits per heavy atom. The lowest BCUT2D eigenvalue weighted by atomic mass is 9.94. The molecule has 0 amide bonds.